The number of amides is 1. The van der Waals surface area contributed by atoms with Gasteiger partial charge in [-0.2, -0.15) is 0 Å². The summed E-state index contributed by atoms with van der Waals surface area (Å²) in [5.74, 6) is 0.0714. The summed E-state index contributed by atoms with van der Waals surface area (Å²) in [6.45, 7) is 4.15. The standard InChI is InChI=1S/C17H24BrN3O/c18-13-4-5-15(16(19)12-13)17(22)21-10-6-14(7-11-21)20-8-2-1-3-9-20/h4-5,12,14H,1-3,6-11,19H2. The van der Waals surface area contributed by atoms with E-state index in [1.165, 1.54) is 32.4 Å². The first-order chi connectivity index (χ1) is 10.6. The molecule has 2 aliphatic heterocycles. The van der Waals surface area contributed by atoms with Gasteiger partial charge in [-0.1, -0.05) is 22.4 Å². The second kappa shape index (κ2) is 7.01. The summed E-state index contributed by atoms with van der Waals surface area (Å²) in [5.41, 5.74) is 7.17. The van der Waals surface area contributed by atoms with Crippen LogP contribution < -0.4 is 5.73 Å². The van der Waals surface area contributed by atoms with Crippen molar-refractivity contribution in [1.82, 2.24) is 9.80 Å². The number of carbonyl (C=O) groups is 1. The van der Waals surface area contributed by atoms with Crippen LogP contribution in [-0.2, 0) is 0 Å². The largest absolute Gasteiger partial charge is 0.398 e. The fraction of sp³-hybridized carbons (Fsp3) is 0.588. The lowest BCUT2D eigenvalue weighted by molar-refractivity contribution is 0.0591. The van der Waals surface area contributed by atoms with Gasteiger partial charge in [-0.3, -0.25) is 4.79 Å². The van der Waals surface area contributed by atoms with Crippen LogP contribution in [0.3, 0.4) is 0 Å². The Morgan fingerprint density at radius 3 is 2.41 bits per heavy atom. The molecular formula is C17H24BrN3O. The smallest absolute Gasteiger partial charge is 0.255 e. The fourth-order valence-electron chi connectivity index (χ4n) is 3.62. The molecule has 0 unspecified atom stereocenters. The summed E-state index contributed by atoms with van der Waals surface area (Å²) in [6, 6.07) is 6.16. The fourth-order valence-corrected chi connectivity index (χ4v) is 4.00. The van der Waals surface area contributed by atoms with E-state index in [9.17, 15) is 4.79 Å². The van der Waals surface area contributed by atoms with E-state index in [4.69, 9.17) is 5.73 Å². The molecule has 5 heteroatoms. The minimum Gasteiger partial charge on any atom is -0.398 e. The predicted molar refractivity (Wildman–Crippen MR) is 92.9 cm³/mol. The lowest BCUT2D eigenvalue weighted by atomic mass is 9.99. The molecule has 3 rings (SSSR count). The van der Waals surface area contributed by atoms with Crippen LogP contribution in [0.25, 0.3) is 0 Å². The zero-order chi connectivity index (χ0) is 15.5. The molecule has 0 aliphatic carbocycles. The van der Waals surface area contributed by atoms with Crippen LogP contribution in [-0.4, -0.2) is 47.9 Å². The van der Waals surface area contributed by atoms with Crippen molar-refractivity contribution in [1.29, 1.82) is 0 Å². The summed E-state index contributed by atoms with van der Waals surface area (Å²) in [6.07, 6.45) is 6.20. The van der Waals surface area contributed by atoms with E-state index >= 15 is 0 Å². The zero-order valence-electron chi connectivity index (χ0n) is 12.9. The van der Waals surface area contributed by atoms with Crippen LogP contribution in [0.1, 0.15) is 42.5 Å². The van der Waals surface area contributed by atoms with Gasteiger partial charge in [0.1, 0.15) is 0 Å². The van der Waals surface area contributed by atoms with E-state index in [0.717, 1.165) is 30.4 Å². The number of likely N-dealkylation sites (tertiary alicyclic amines) is 2. The molecule has 1 aromatic rings. The van der Waals surface area contributed by atoms with Gasteiger partial charge in [0.15, 0.2) is 0 Å². The van der Waals surface area contributed by atoms with E-state index in [1.807, 2.05) is 17.0 Å². The summed E-state index contributed by atoms with van der Waals surface area (Å²) >= 11 is 3.38. The lowest BCUT2D eigenvalue weighted by Gasteiger charge is -2.40. The molecule has 0 bridgehead atoms. The molecule has 0 saturated carbocycles. The molecular weight excluding hydrogens is 342 g/mol. The monoisotopic (exact) mass is 365 g/mol. The number of hydrogen-bond acceptors (Lipinski definition) is 3. The molecule has 2 saturated heterocycles. The van der Waals surface area contributed by atoms with E-state index in [0.29, 0.717) is 17.3 Å². The highest BCUT2D eigenvalue weighted by atomic mass is 79.9. The summed E-state index contributed by atoms with van der Waals surface area (Å²) in [4.78, 5) is 17.2. The Balaban J connectivity index is 1.59. The molecule has 4 nitrogen and oxygen atoms in total. The van der Waals surface area contributed by atoms with Crippen LogP contribution >= 0.6 is 15.9 Å². The second-order valence-electron chi connectivity index (χ2n) is 6.35. The van der Waals surface area contributed by atoms with Crippen molar-refractivity contribution in [3.8, 4) is 0 Å². The van der Waals surface area contributed by atoms with Crippen molar-refractivity contribution >= 4 is 27.5 Å². The first-order valence-electron chi connectivity index (χ1n) is 8.23. The lowest BCUT2D eigenvalue weighted by Crippen LogP contribution is -2.48. The molecule has 2 N–H and O–H groups in total. The Hall–Kier alpha value is -1.07. The molecule has 120 valence electrons. The normalized spacial score (nSPS) is 21.0. The van der Waals surface area contributed by atoms with Gasteiger partial charge in [-0.15, -0.1) is 0 Å². The molecule has 2 fully saturated rings. The molecule has 1 aromatic carbocycles. The Morgan fingerprint density at radius 2 is 1.77 bits per heavy atom. The number of hydrogen-bond donors (Lipinski definition) is 1. The van der Waals surface area contributed by atoms with Crippen molar-refractivity contribution in [2.75, 3.05) is 31.9 Å². The van der Waals surface area contributed by atoms with Crippen LogP contribution in [0.5, 0.6) is 0 Å². The van der Waals surface area contributed by atoms with Crippen molar-refractivity contribution in [2.24, 2.45) is 0 Å². The number of halogens is 1. The van der Waals surface area contributed by atoms with Crippen LogP contribution in [0.15, 0.2) is 22.7 Å². The first-order valence-corrected chi connectivity index (χ1v) is 9.03. The van der Waals surface area contributed by atoms with E-state index in [2.05, 4.69) is 20.8 Å². The highest BCUT2D eigenvalue weighted by Crippen LogP contribution is 2.24. The van der Waals surface area contributed by atoms with Gasteiger partial charge in [0.2, 0.25) is 0 Å². The zero-order valence-corrected chi connectivity index (χ0v) is 14.5. The predicted octanol–water partition coefficient (Wildman–Crippen LogP) is 3.12. The third kappa shape index (κ3) is 3.46. The first kappa shape index (κ1) is 15.8. The van der Waals surface area contributed by atoms with Crippen LogP contribution in [0, 0.1) is 0 Å². The van der Waals surface area contributed by atoms with Gasteiger partial charge in [0.05, 0.1) is 5.56 Å². The van der Waals surface area contributed by atoms with Gasteiger partial charge >= 0.3 is 0 Å². The molecule has 0 atom stereocenters. The van der Waals surface area contributed by atoms with Crippen molar-refractivity contribution in [3.05, 3.63) is 28.2 Å². The number of piperidine rings is 2. The van der Waals surface area contributed by atoms with Gasteiger partial charge in [-0.25, -0.2) is 0 Å². The molecule has 1 amide bonds. The van der Waals surface area contributed by atoms with Crippen LogP contribution in [0.4, 0.5) is 5.69 Å². The number of nitrogens with zero attached hydrogens (tertiary/aromatic N) is 2. The average molecular weight is 366 g/mol. The molecule has 22 heavy (non-hydrogen) atoms. The summed E-state index contributed by atoms with van der Waals surface area (Å²) in [7, 11) is 0. The molecule has 0 aromatic heterocycles. The highest BCUT2D eigenvalue weighted by Gasteiger charge is 2.28. The molecule has 2 heterocycles. The van der Waals surface area contributed by atoms with Crippen molar-refractivity contribution in [2.45, 2.75) is 38.1 Å². The summed E-state index contributed by atoms with van der Waals surface area (Å²) < 4.78 is 0.908. The van der Waals surface area contributed by atoms with Gasteiger partial charge in [0, 0.05) is 29.3 Å². The maximum absolute atomic E-state index is 12.6. The maximum atomic E-state index is 12.6. The van der Waals surface area contributed by atoms with E-state index in [1.54, 1.807) is 6.07 Å². The SMILES string of the molecule is Nc1cc(Br)ccc1C(=O)N1CCC(N2CCCCC2)CC1. The maximum Gasteiger partial charge on any atom is 0.255 e. The Bertz CT molecular complexity index is 535. The third-order valence-electron chi connectivity index (χ3n) is 4.90. The van der Waals surface area contributed by atoms with Gasteiger partial charge < -0.3 is 15.5 Å². The molecule has 2 aliphatic rings. The topological polar surface area (TPSA) is 49.6 Å². The number of rotatable bonds is 2. The number of anilines is 1. The quantitative estimate of drug-likeness (QED) is 0.819. The Kier molecular flexibility index (Phi) is 5.03. The van der Waals surface area contributed by atoms with E-state index in [-0.39, 0.29) is 5.91 Å². The highest BCUT2D eigenvalue weighted by molar-refractivity contribution is 9.10. The summed E-state index contributed by atoms with van der Waals surface area (Å²) in [5, 5.41) is 0. The van der Waals surface area contributed by atoms with Gasteiger partial charge in [-0.05, 0) is 57.0 Å². The molecule has 0 radical (unpaired) electrons. The Labute approximate surface area is 140 Å². The second-order valence-corrected chi connectivity index (χ2v) is 7.27. The number of nitrogens with two attached hydrogens (primary N) is 1. The average Bonchev–Trinajstić information content (AvgIpc) is 2.55. The number of nitrogen functional groups attached to an aromatic ring is 1. The van der Waals surface area contributed by atoms with Gasteiger partial charge in [0.25, 0.3) is 5.91 Å². The number of carbonyl (C=O) groups excluding carboxylic acids is 1. The van der Waals surface area contributed by atoms with Crippen molar-refractivity contribution < 1.29 is 4.79 Å². The molecule has 0 spiro atoms. The van der Waals surface area contributed by atoms with E-state index < -0.39 is 0 Å². The van der Waals surface area contributed by atoms with Crippen molar-refractivity contribution in [3.63, 3.8) is 0 Å². The third-order valence-corrected chi connectivity index (χ3v) is 5.40. The minimum absolute atomic E-state index is 0.0714. The van der Waals surface area contributed by atoms with Crippen LogP contribution in [0.2, 0.25) is 0 Å². The number of benzene rings is 1. The Morgan fingerprint density at radius 1 is 1.09 bits per heavy atom. The minimum atomic E-state index is 0.0714.